The van der Waals surface area contributed by atoms with Crippen molar-refractivity contribution in [3.63, 3.8) is 0 Å². The average molecular weight is 479 g/mol. The highest BCUT2D eigenvalue weighted by molar-refractivity contribution is 7.90. The van der Waals surface area contributed by atoms with E-state index in [1.807, 2.05) is 4.72 Å². The molecule has 0 fully saturated rings. The summed E-state index contributed by atoms with van der Waals surface area (Å²) < 4.78 is 28.5. The highest BCUT2D eigenvalue weighted by Crippen LogP contribution is 2.26. The van der Waals surface area contributed by atoms with E-state index in [0.29, 0.717) is 21.6 Å². The molecule has 1 heterocycles. The van der Waals surface area contributed by atoms with Gasteiger partial charge in [0.25, 0.3) is 15.9 Å². The van der Waals surface area contributed by atoms with E-state index < -0.39 is 15.9 Å². The summed E-state index contributed by atoms with van der Waals surface area (Å²) in [7, 11) is -4.25. The molecule has 146 valence electrons. The van der Waals surface area contributed by atoms with Crippen molar-refractivity contribution >= 4 is 62.3 Å². The van der Waals surface area contributed by atoms with Crippen molar-refractivity contribution in [2.24, 2.45) is 0 Å². The lowest BCUT2D eigenvalue weighted by Gasteiger charge is -2.08. The molecule has 1 aromatic heterocycles. The van der Waals surface area contributed by atoms with Crippen LogP contribution in [0.3, 0.4) is 0 Å². The van der Waals surface area contributed by atoms with Crippen LogP contribution >= 0.6 is 46.4 Å². The predicted molar refractivity (Wildman–Crippen MR) is 109 cm³/mol. The number of nitrogens with zero attached hydrogens (tertiary/aromatic N) is 2. The summed E-state index contributed by atoms with van der Waals surface area (Å²) in [5, 5.41) is 0.898. The Morgan fingerprint density at radius 3 is 2.29 bits per heavy atom. The Labute approximate surface area is 181 Å². The summed E-state index contributed by atoms with van der Waals surface area (Å²) in [6, 6.07) is 8.74. The summed E-state index contributed by atoms with van der Waals surface area (Å²) in [4.78, 5) is 16.3. The van der Waals surface area contributed by atoms with Gasteiger partial charge in [0.1, 0.15) is 16.4 Å². The third-order valence-electron chi connectivity index (χ3n) is 3.65. The largest absolute Gasteiger partial charge is 0.303 e. The first-order chi connectivity index (χ1) is 13.1. The fourth-order valence-electron chi connectivity index (χ4n) is 2.43. The van der Waals surface area contributed by atoms with E-state index in [9.17, 15) is 13.2 Å². The maximum Gasteiger partial charge on any atom is 0.285 e. The average Bonchev–Trinajstić information content (AvgIpc) is 2.98. The van der Waals surface area contributed by atoms with Gasteiger partial charge in [-0.3, -0.25) is 4.79 Å². The van der Waals surface area contributed by atoms with Crippen LogP contribution < -0.4 is 4.72 Å². The Kier molecular flexibility index (Phi) is 5.93. The maximum atomic E-state index is 12.5. The highest BCUT2D eigenvalue weighted by Gasteiger charge is 2.24. The Hall–Kier alpha value is -1.77. The Bertz CT molecular complexity index is 1170. The quantitative estimate of drug-likeness (QED) is 0.577. The number of benzene rings is 2. The van der Waals surface area contributed by atoms with E-state index >= 15 is 0 Å². The molecule has 0 spiro atoms. The van der Waals surface area contributed by atoms with E-state index in [1.165, 1.54) is 18.3 Å². The number of carbonyl (C=O) groups is 1. The Balaban J connectivity index is 1.92. The van der Waals surface area contributed by atoms with Crippen molar-refractivity contribution < 1.29 is 13.2 Å². The lowest BCUT2D eigenvalue weighted by molar-refractivity contribution is 0.0977. The molecule has 1 amide bonds. The fourth-order valence-corrected chi connectivity index (χ4v) is 4.67. The minimum absolute atomic E-state index is 0.0695. The van der Waals surface area contributed by atoms with Gasteiger partial charge in [-0.2, -0.15) is 0 Å². The van der Waals surface area contributed by atoms with Crippen LogP contribution in [0.25, 0.3) is 5.69 Å². The van der Waals surface area contributed by atoms with Crippen LogP contribution in [0.1, 0.15) is 16.3 Å². The first kappa shape index (κ1) is 21.0. The topological polar surface area (TPSA) is 81.1 Å². The summed E-state index contributed by atoms with van der Waals surface area (Å²) in [6.45, 7) is 1.65. The van der Waals surface area contributed by atoms with E-state index in [0.717, 1.165) is 6.07 Å². The molecule has 0 radical (unpaired) electrons. The number of nitrogens with one attached hydrogen (secondary N) is 1. The van der Waals surface area contributed by atoms with E-state index in [1.54, 1.807) is 29.7 Å². The zero-order valence-corrected chi connectivity index (χ0v) is 17.9. The van der Waals surface area contributed by atoms with Crippen LogP contribution in [-0.2, 0) is 10.0 Å². The molecule has 0 bridgehead atoms. The summed E-state index contributed by atoms with van der Waals surface area (Å²) in [5.41, 5.74) is 0.456. The minimum Gasteiger partial charge on any atom is -0.303 e. The van der Waals surface area contributed by atoms with Crippen molar-refractivity contribution in [1.82, 2.24) is 14.3 Å². The second-order valence-electron chi connectivity index (χ2n) is 5.68. The van der Waals surface area contributed by atoms with Gasteiger partial charge in [-0.1, -0.05) is 46.4 Å². The van der Waals surface area contributed by atoms with Crippen molar-refractivity contribution in [3.05, 3.63) is 74.2 Å². The van der Waals surface area contributed by atoms with Gasteiger partial charge in [0.05, 0.1) is 5.02 Å². The molecule has 3 rings (SSSR count). The van der Waals surface area contributed by atoms with Crippen LogP contribution in [0, 0.1) is 6.92 Å². The SMILES string of the molecule is Cc1nc(C(=O)NS(=O)(=O)c2cc(Cl)ccc2Cl)cn1-c1cc(Cl)cc(Cl)c1. The molecule has 0 aliphatic heterocycles. The van der Waals surface area contributed by atoms with E-state index in [2.05, 4.69) is 4.98 Å². The summed E-state index contributed by atoms with van der Waals surface area (Å²) >= 11 is 23.7. The molecule has 0 saturated heterocycles. The number of aromatic nitrogens is 2. The van der Waals surface area contributed by atoms with Gasteiger partial charge in [-0.15, -0.1) is 0 Å². The van der Waals surface area contributed by atoms with Gasteiger partial charge in [0.2, 0.25) is 0 Å². The number of rotatable bonds is 4. The van der Waals surface area contributed by atoms with Gasteiger partial charge < -0.3 is 4.57 Å². The minimum atomic E-state index is -4.25. The number of hydrogen-bond acceptors (Lipinski definition) is 4. The third kappa shape index (κ3) is 4.45. The molecule has 0 saturated carbocycles. The van der Waals surface area contributed by atoms with Gasteiger partial charge >= 0.3 is 0 Å². The van der Waals surface area contributed by atoms with Gasteiger partial charge in [0.15, 0.2) is 0 Å². The standard InChI is InChI=1S/C17H11Cl4N3O3S/c1-9-22-15(8-24(9)13-5-11(19)4-12(20)6-13)17(25)23-28(26,27)16-7-10(18)2-3-14(16)21/h2-8H,1H3,(H,23,25). The molecule has 3 aromatic rings. The number of imidazole rings is 1. The molecule has 6 nitrogen and oxygen atoms in total. The molecule has 0 atom stereocenters. The van der Waals surface area contributed by atoms with Gasteiger partial charge in [-0.05, 0) is 43.3 Å². The molecular weight excluding hydrogens is 468 g/mol. The lowest BCUT2D eigenvalue weighted by atomic mass is 10.3. The van der Waals surface area contributed by atoms with E-state index in [4.69, 9.17) is 46.4 Å². The van der Waals surface area contributed by atoms with Crippen LogP contribution in [-0.4, -0.2) is 23.9 Å². The second kappa shape index (κ2) is 7.93. The van der Waals surface area contributed by atoms with Crippen molar-refractivity contribution in [2.45, 2.75) is 11.8 Å². The monoisotopic (exact) mass is 477 g/mol. The molecule has 1 N–H and O–H groups in total. The van der Waals surface area contributed by atoms with Crippen molar-refractivity contribution in [1.29, 1.82) is 0 Å². The first-order valence-electron chi connectivity index (χ1n) is 7.61. The molecule has 2 aromatic carbocycles. The summed E-state index contributed by atoms with van der Waals surface area (Å²) in [5.74, 6) is -0.493. The molecular formula is C17H11Cl4N3O3S. The zero-order valence-electron chi connectivity index (χ0n) is 14.1. The number of aryl methyl sites for hydroxylation is 1. The number of hydrogen-bond donors (Lipinski definition) is 1. The number of carbonyl (C=O) groups excluding carboxylic acids is 1. The van der Waals surface area contributed by atoms with Crippen LogP contribution in [0.15, 0.2) is 47.5 Å². The maximum absolute atomic E-state index is 12.5. The van der Waals surface area contributed by atoms with E-state index in [-0.39, 0.29) is 20.6 Å². The predicted octanol–water partition coefficient (Wildman–Crippen LogP) is 4.91. The fraction of sp³-hybridized carbons (Fsp3) is 0.0588. The Morgan fingerprint density at radius 1 is 1.00 bits per heavy atom. The Morgan fingerprint density at radius 2 is 1.64 bits per heavy atom. The van der Waals surface area contributed by atoms with Gasteiger partial charge in [-0.25, -0.2) is 18.1 Å². The van der Waals surface area contributed by atoms with Crippen molar-refractivity contribution in [2.75, 3.05) is 0 Å². The van der Waals surface area contributed by atoms with Crippen LogP contribution in [0.2, 0.25) is 20.1 Å². The number of halogens is 4. The molecule has 28 heavy (non-hydrogen) atoms. The summed E-state index contributed by atoms with van der Waals surface area (Å²) in [6.07, 6.45) is 1.38. The van der Waals surface area contributed by atoms with Crippen LogP contribution in [0.5, 0.6) is 0 Å². The zero-order chi connectivity index (χ0) is 20.6. The molecule has 0 unspecified atom stereocenters. The van der Waals surface area contributed by atoms with Crippen LogP contribution in [0.4, 0.5) is 0 Å². The second-order valence-corrected chi connectivity index (χ2v) is 9.05. The van der Waals surface area contributed by atoms with Gasteiger partial charge in [0, 0.05) is 27.0 Å². The normalized spacial score (nSPS) is 11.5. The number of sulfonamides is 1. The molecule has 0 aliphatic carbocycles. The smallest absolute Gasteiger partial charge is 0.285 e. The molecule has 11 heteroatoms. The van der Waals surface area contributed by atoms with Crippen molar-refractivity contribution in [3.8, 4) is 5.69 Å². The lowest BCUT2D eigenvalue weighted by Crippen LogP contribution is -2.31. The molecule has 0 aliphatic rings. The highest BCUT2D eigenvalue weighted by atomic mass is 35.5. The number of amides is 1. The third-order valence-corrected chi connectivity index (χ3v) is 6.13. The first-order valence-corrected chi connectivity index (χ1v) is 10.6.